The van der Waals surface area contributed by atoms with Crippen molar-refractivity contribution < 1.29 is 128 Å². The van der Waals surface area contributed by atoms with Gasteiger partial charge in [-0.3, -0.25) is 0 Å². The van der Waals surface area contributed by atoms with Crippen LogP contribution in [0.5, 0.6) is 0 Å². The van der Waals surface area contributed by atoms with Gasteiger partial charge in [0.25, 0.3) is 0 Å². The summed E-state index contributed by atoms with van der Waals surface area (Å²) < 4.78 is 104. The molecule has 18 heteroatoms. The van der Waals surface area contributed by atoms with Crippen molar-refractivity contribution in [3.63, 3.8) is 0 Å². The Morgan fingerprint density at radius 2 is 0.810 bits per heavy atom. The second-order valence-electron chi connectivity index (χ2n) is 12.7. The van der Waals surface area contributed by atoms with Crippen LogP contribution in [0.2, 0.25) is 0 Å². The Morgan fingerprint density at radius 1 is 0.466 bits per heavy atom. The van der Waals surface area contributed by atoms with E-state index in [-0.39, 0.29) is 103 Å². The number of hydrogen-bond acceptors (Lipinski definition) is 12. The molecule has 0 saturated carbocycles. The Labute approximate surface area is 404 Å². The Hall–Kier alpha value is -2.68. The van der Waals surface area contributed by atoms with E-state index < -0.39 is 30.4 Å². The average Bonchev–Trinajstić information content (AvgIpc) is 3.09. The molecule has 0 unspecified atom stereocenters. The first-order valence-electron chi connectivity index (χ1n) is 16.5. The Balaban J connectivity index is 0.00000300. The number of benzene rings is 5. The topological polar surface area (TPSA) is 208 Å². The largest absolute Gasteiger partial charge is 1.00 e. The number of nitrogens with one attached hydrogen (secondary N) is 2. The summed E-state index contributed by atoms with van der Waals surface area (Å²) in [5, 5.41) is 6.47. The molecule has 0 atom stereocenters. The molecule has 0 spiro atoms. The van der Waals surface area contributed by atoms with Crippen LogP contribution in [-0.4, -0.2) is 44.6 Å². The van der Waals surface area contributed by atoms with Gasteiger partial charge in [-0.15, -0.1) is 0 Å². The summed E-state index contributed by atoms with van der Waals surface area (Å²) in [6.45, 7) is 4.64. The van der Waals surface area contributed by atoms with E-state index in [1.165, 1.54) is 49.4 Å². The van der Waals surface area contributed by atoms with Crippen LogP contribution >= 0.6 is 0 Å². The molecule has 0 radical (unpaired) electrons. The first kappa shape index (κ1) is 49.7. The maximum atomic E-state index is 11.5. The quantitative estimate of drug-likeness (QED) is 0.122. The molecular formula is C40H32N3Na3O9S3. The molecule has 0 aliphatic heterocycles. The second kappa shape index (κ2) is 20.3. The van der Waals surface area contributed by atoms with Gasteiger partial charge in [0.05, 0.1) is 26.1 Å². The van der Waals surface area contributed by atoms with Gasteiger partial charge in [0, 0.05) is 22.7 Å². The summed E-state index contributed by atoms with van der Waals surface area (Å²) in [5.41, 5.74) is 8.07. The van der Waals surface area contributed by atoms with Crippen molar-refractivity contribution in [3.8, 4) is 0 Å². The molecule has 1 aliphatic rings. The fraction of sp³-hybridized carbons (Fsp3) is 0.0750. The maximum absolute atomic E-state index is 11.5. The normalized spacial score (nSPS) is 12.4. The van der Waals surface area contributed by atoms with Crippen molar-refractivity contribution in [1.29, 1.82) is 0 Å². The van der Waals surface area contributed by atoms with E-state index in [2.05, 4.69) is 15.6 Å². The molecule has 0 amide bonds. The van der Waals surface area contributed by atoms with Crippen LogP contribution < -0.4 is 99.3 Å². The molecule has 58 heavy (non-hydrogen) atoms. The predicted octanol–water partition coefficient (Wildman–Crippen LogP) is -1.48. The smallest absolute Gasteiger partial charge is 0.744 e. The standard InChI is InChI=1S/C40H35N3O9S3.3Na/c1-25-22-34(16-19-37(25)53(44,45)46)41-31-10-4-28(5-11-31)40(29-6-12-32(13-7-29)42-35-17-20-38(26(2)23-35)54(47,48)49)30-8-14-33(15-9-30)43-36-18-21-39(27(3)24-36)55(50,51)52;;;/h4-24,41-42H,1-3H3,(H,44,45,46)(H,47,48,49)(H,50,51,52);;;/q;3*+1/p-3. The number of aryl methyl sites for hydroxylation is 3. The van der Waals surface area contributed by atoms with Gasteiger partial charge in [0.15, 0.2) is 0 Å². The second-order valence-corrected chi connectivity index (χ2v) is 16.8. The van der Waals surface area contributed by atoms with Crippen molar-refractivity contribution in [2.24, 2.45) is 4.99 Å². The molecule has 0 aromatic heterocycles. The van der Waals surface area contributed by atoms with E-state index in [0.29, 0.717) is 50.8 Å². The minimum atomic E-state index is -4.61. The molecule has 2 N–H and O–H groups in total. The van der Waals surface area contributed by atoms with Crippen LogP contribution in [0.3, 0.4) is 0 Å². The summed E-state index contributed by atoms with van der Waals surface area (Å²) >= 11 is 0. The van der Waals surface area contributed by atoms with Gasteiger partial charge < -0.3 is 24.3 Å². The van der Waals surface area contributed by atoms with E-state index in [1.54, 1.807) is 26.0 Å². The zero-order chi connectivity index (χ0) is 39.7. The van der Waals surface area contributed by atoms with Gasteiger partial charge in [-0.2, -0.15) is 0 Å². The molecule has 0 bridgehead atoms. The first-order chi connectivity index (χ1) is 25.8. The number of aliphatic imine (C=N–C) groups is 1. The summed E-state index contributed by atoms with van der Waals surface area (Å²) in [5.74, 6) is 0. The number of rotatable bonds is 10. The van der Waals surface area contributed by atoms with E-state index in [9.17, 15) is 38.9 Å². The summed E-state index contributed by atoms with van der Waals surface area (Å²) in [6.07, 6.45) is 7.44. The third-order valence-electron chi connectivity index (χ3n) is 8.66. The van der Waals surface area contributed by atoms with Crippen molar-refractivity contribution >= 4 is 70.1 Å². The SMILES string of the molecule is Cc1cc(N=C2C=CC(=C(c3ccc(Nc4ccc(S(=O)(=O)[O-])c(C)c4)cc3)c3ccc(Nc4ccc(S(=O)(=O)[O-])c(C)c4)cc3)C=C2)ccc1S(=O)(=O)[O-].[Na+].[Na+].[Na+]. The predicted molar refractivity (Wildman–Crippen MR) is 208 cm³/mol. The van der Waals surface area contributed by atoms with Gasteiger partial charge in [0.1, 0.15) is 30.4 Å². The molecule has 282 valence electrons. The summed E-state index contributed by atoms with van der Waals surface area (Å²) in [4.78, 5) is 3.74. The van der Waals surface area contributed by atoms with E-state index in [0.717, 1.165) is 22.3 Å². The van der Waals surface area contributed by atoms with Gasteiger partial charge in [-0.25, -0.2) is 30.2 Å². The van der Waals surface area contributed by atoms with E-state index in [4.69, 9.17) is 0 Å². The van der Waals surface area contributed by atoms with Gasteiger partial charge >= 0.3 is 88.7 Å². The molecule has 0 heterocycles. The molecule has 12 nitrogen and oxygen atoms in total. The van der Waals surface area contributed by atoms with E-state index in [1.807, 2.05) is 72.8 Å². The maximum Gasteiger partial charge on any atom is 1.00 e. The van der Waals surface area contributed by atoms with Gasteiger partial charge in [0.2, 0.25) is 0 Å². The van der Waals surface area contributed by atoms with Crippen LogP contribution in [0.1, 0.15) is 27.8 Å². The van der Waals surface area contributed by atoms with Crippen LogP contribution in [0.15, 0.2) is 153 Å². The van der Waals surface area contributed by atoms with Gasteiger partial charge in [-0.1, -0.05) is 36.4 Å². The third-order valence-corrected chi connectivity index (χ3v) is 11.6. The number of nitrogens with zero attached hydrogens (tertiary/aromatic N) is 1. The van der Waals surface area contributed by atoms with Crippen LogP contribution in [-0.2, 0) is 30.4 Å². The number of anilines is 4. The molecule has 5 aromatic carbocycles. The van der Waals surface area contributed by atoms with Crippen molar-refractivity contribution in [2.45, 2.75) is 35.5 Å². The number of hydrogen-bond donors (Lipinski definition) is 2. The monoisotopic (exact) mass is 863 g/mol. The molecule has 0 fully saturated rings. The Morgan fingerprint density at radius 3 is 1.16 bits per heavy atom. The van der Waals surface area contributed by atoms with Crippen LogP contribution in [0, 0.1) is 20.8 Å². The summed E-state index contributed by atoms with van der Waals surface area (Å²) in [7, 11) is -13.8. The van der Waals surface area contributed by atoms with Crippen LogP contribution in [0.4, 0.5) is 28.4 Å². The average molecular weight is 864 g/mol. The fourth-order valence-corrected chi connectivity index (χ4v) is 8.19. The number of allylic oxidation sites excluding steroid dienone is 5. The zero-order valence-corrected chi connectivity index (χ0v) is 40.9. The minimum Gasteiger partial charge on any atom is -0.744 e. The molecule has 6 rings (SSSR count). The zero-order valence-electron chi connectivity index (χ0n) is 32.5. The van der Waals surface area contributed by atoms with Gasteiger partial charge in [-0.05, 0) is 151 Å². The summed E-state index contributed by atoms with van der Waals surface area (Å²) in [6, 6.07) is 28.2. The molecule has 1 aliphatic carbocycles. The minimum absolute atomic E-state index is 0. The molecule has 0 saturated heterocycles. The fourth-order valence-electron chi connectivity index (χ4n) is 6.12. The molecule has 5 aromatic rings. The van der Waals surface area contributed by atoms with Crippen molar-refractivity contribution in [1.82, 2.24) is 0 Å². The van der Waals surface area contributed by atoms with Crippen molar-refractivity contribution in [2.75, 3.05) is 10.6 Å². The Bertz CT molecular complexity index is 2660. The van der Waals surface area contributed by atoms with Crippen LogP contribution in [0.25, 0.3) is 5.57 Å². The first-order valence-corrected chi connectivity index (χ1v) is 20.7. The van der Waals surface area contributed by atoms with Crippen molar-refractivity contribution in [3.05, 3.63) is 161 Å². The van der Waals surface area contributed by atoms with E-state index >= 15 is 0 Å². The Kier molecular flexibility index (Phi) is 17.3. The molecular weight excluding hydrogens is 832 g/mol. The third kappa shape index (κ3) is 12.4.